The zero-order valence-electron chi connectivity index (χ0n) is 7.40. The summed E-state index contributed by atoms with van der Waals surface area (Å²) >= 11 is 4.30. The molecule has 0 aliphatic heterocycles. The summed E-state index contributed by atoms with van der Waals surface area (Å²) in [5, 5.41) is 10.5. The van der Waals surface area contributed by atoms with Crippen molar-refractivity contribution in [3.63, 3.8) is 0 Å². The molecule has 64 valence electrons. The van der Waals surface area contributed by atoms with E-state index in [1.165, 1.54) is 0 Å². The van der Waals surface area contributed by atoms with E-state index in [2.05, 4.69) is 15.9 Å². The van der Waals surface area contributed by atoms with Gasteiger partial charge < -0.3 is 0 Å². The van der Waals surface area contributed by atoms with Gasteiger partial charge in [0.25, 0.3) is 5.69 Å². The summed E-state index contributed by atoms with van der Waals surface area (Å²) in [4.78, 5) is 9.61. The highest BCUT2D eigenvalue weighted by Crippen LogP contribution is 2.27. The quantitative estimate of drug-likeness (QED) is 0.339. The summed E-state index contributed by atoms with van der Waals surface area (Å²) in [5.74, 6) is -1.08. The molecule has 0 saturated carbocycles. The average molecular weight is 348 g/mol. The van der Waals surface area contributed by atoms with Crippen LogP contribution in [0.15, 0.2) is 16.6 Å². The van der Waals surface area contributed by atoms with E-state index < -0.39 is 22.5 Å². The molecule has 0 atom stereocenters. The molecule has 0 amide bonds. The number of nitro benzene ring substituents is 1. The van der Waals surface area contributed by atoms with Gasteiger partial charge >= 0.3 is 0 Å². The second kappa shape index (κ2) is 3.65. The molecule has 1 aromatic rings. The Kier molecular flexibility index (Phi) is 2.19. The van der Waals surface area contributed by atoms with Crippen molar-refractivity contribution in [1.82, 2.24) is 0 Å². The fraction of sp³-hybridized carbons (Fsp3) is 0. The van der Waals surface area contributed by atoms with Gasteiger partial charge in [-0.25, -0.2) is 4.39 Å². The SMILES string of the molecule is [2H]c1c(Br)c(F)c([2H])c([N+](=O)[O-])c1I. The van der Waals surface area contributed by atoms with Crippen molar-refractivity contribution in [2.75, 3.05) is 0 Å². The summed E-state index contributed by atoms with van der Waals surface area (Å²) in [5.41, 5.74) is -0.670. The first-order valence-electron chi connectivity index (χ1n) is 3.66. The zero-order chi connectivity index (χ0) is 11.0. The fourth-order valence-corrected chi connectivity index (χ4v) is 1.82. The van der Waals surface area contributed by atoms with Crippen LogP contribution in [0, 0.1) is 19.5 Å². The maximum absolute atomic E-state index is 13.1. The van der Waals surface area contributed by atoms with Crippen LogP contribution in [0.5, 0.6) is 0 Å². The predicted octanol–water partition coefficient (Wildman–Crippen LogP) is 3.10. The number of rotatable bonds is 1. The van der Waals surface area contributed by atoms with Gasteiger partial charge in [0, 0.05) is 0 Å². The number of hydrogen-bond donors (Lipinski definition) is 0. The topological polar surface area (TPSA) is 43.1 Å². The first kappa shape index (κ1) is 7.19. The molecule has 0 aromatic heterocycles. The molecule has 0 aliphatic carbocycles. The molecule has 6 heteroatoms. The Hall–Kier alpha value is -0.240. The van der Waals surface area contributed by atoms with Gasteiger partial charge in [0.15, 0.2) is 0 Å². The van der Waals surface area contributed by atoms with Crippen molar-refractivity contribution in [2.24, 2.45) is 0 Å². The minimum absolute atomic E-state index is 0.0501. The lowest BCUT2D eigenvalue weighted by atomic mass is 10.3. The van der Waals surface area contributed by atoms with Crippen LogP contribution in [-0.4, -0.2) is 4.92 Å². The van der Waals surface area contributed by atoms with E-state index in [-0.39, 0.29) is 14.1 Å². The summed E-state index contributed by atoms with van der Waals surface area (Å²) in [6.45, 7) is 0. The Balaban J connectivity index is 3.68. The molecule has 12 heavy (non-hydrogen) atoms. The normalized spacial score (nSPS) is 12.2. The van der Waals surface area contributed by atoms with E-state index in [9.17, 15) is 14.5 Å². The fourth-order valence-electron chi connectivity index (χ4n) is 0.550. The molecule has 0 spiro atoms. The van der Waals surface area contributed by atoms with Gasteiger partial charge in [0.05, 0.1) is 21.8 Å². The lowest BCUT2D eigenvalue weighted by Crippen LogP contribution is -1.93. The van der Waals surface area contributed by atoms with Crippen molar-refractivity contribution < 1.29 is 12.1 Å². The monoisotopic (exact) mass is 347 g/mol. The third-order valence-electron chi connectivity index (χ3n) is 1.03. The second-order valence-electron chi connectivity index (χ2n) is 1.80. The standard InChI is InChI=1S/C6H2BrFINO2/c7-3-1-5(9)6(10(11)12)2-4(3)8/h1-2H/i1D,2D. The molecule has 0 bridgehead atoms. The molecule has 0 radical (unpaired) electrons. The molecule has 3 nitrogen and oxygen atoms in total. The largest absolute Gasteiger partial charge is 0.285 e. The number of halogens is 3. The predicted molar refractivity (Wildman–Crippen MR) is 53.5 cm³/mol. The van der Waals surface area contributed by atoms with Gasteiger partial charge in [0.1, 0.15) is 5.82 Å². The average Bonchev–Trinajstić information content (AvgIpc) is 2.11. The molecule has 0 aliphatic rings. The summed E-state index contributed by atoms with van der Waals surface area (Å²) < 4.78 is 27.4. The Morgan fingerprint density at radius 1 is 1.75 bits per heavy atom. The van der Waals surface area contributed by atoms with Gasteiger partial charge in [-0.3, -0.25) is 10.1 Å². The first-order chi connectivity index (χ1) is 6.37. The van der Waals surface area contributed by atoms with E-state index >= 15 is 0 Å². The molecular formula is C6H2BrFINO2. The zero-order valence-corrected chi connectivity index (χ0v) is 9.14. The molecule has 0 unspecified atom stereocenters. The molecule has 1 aromatic carbocycles. The van der Waals surface area contributed by atoms with Gasteiger partial charge in [-0.2, -0.15) is 0 Å². The molecule has 1 rings (SSSR count). The Labute approximate surface area is 92.2 Å². The molecule has 0 fully saturated rings. The third-order valence-corrected chi connectivity index (χ3v) is 2.36. The van der Waals surface area contributed by atoms with Crippen LogP contribution in [0.4, 0.5) is 10.1 Å². The van der Waals surface area contributed by atoms with Crippen LogP contribution in [0.25, 0.3) is 0 Å². The van der Waals surface area contributed by atoms with Crippen LogP contribution in [0.3, 0.4) is 0 Å². The smallest absolute Gasteiger partial charge is 0.258 e. The van der Waals surface area contributed by atoms with Gasteiger partial charge in [-0.05, 0) is 44.6 Å². The maximum atomic E-state index is 13.1. The van der Waals surface area contributed by atoms with E-state index in [0.717, 1.165) is 0 Å². The Bertz CT molecular complexity index is 400. The number of hydrogen-bond acceptors (Lipinski definition) is 2. The Morgan fingerprint density at radius 2 is 2.33 bits per heavy atom. The molecule has 0 N–H and O–H groups in total. The van der Waals surface area contributed by atoms with E-state index in [1.54, 1.807) is 22.6 Å². The van der Waals surface area contributed by atoms with Crippen molar-refractivity contribution in [3.8, 4) is 0 Å². The summed E-state index contributed by atoms with van der Waals surface area (Å²) in [6, 6.07) is -1.12. The van der Waals surface area contributed by atoms with Crippen LogP contribution < -0.4 is 0 Å². The molecule has 0 saturated heterocycles. The van der Waals surface area contributed by atoms with Gasteiger partial charge in [-0.1, -0.05) is 0 Å². The van der Waals surface area contributed by atoms with Crippen LogP contribution in [0.1, 0.15) is 2.74 Å². The lowest BCUT2D eigenvalue weighted by molar-refractivity contribution is -0.386. The van der Waals surface area contributed by atoms with Crippen molar-refractivity contribution in [2.45, 2.75) is 0 Å². The van der Waals surface area contributed by atoms with Crippen LogP contribution >= 0.6 is 38.5 Å². The lowest BCUT2D eigenvalue weighted by Gasteiger charge is -1.97. The molecule has 0 heterocycles. The first-order valence-corrected chi connectivity index (χ1v) is 4.53. The van der Waals surface area contributed by atoms with Crippen LogP contribution in [0.2, 0.25) is 0 Å². The van der Waals surface area contributed by atoms with E-state index in [0.29, 0.717) is 0 Å². The highest BCUT2D eigenvalue weighted by atomic mass is 127. The summed E-state index contributed by atoms with van der Waals surface area (Å²) in [7, 11) is 0. The highest BCUT2D eigenvalue weighted by molar-refractivity contribution is 14.1. The van der Waals surface area contributed by atoms with Crippen molar-refractivity contribution in [1.29, 1.82) is 0 Å². The van der Waals surface area contributed by atoms with Crippen molar-refractivity contribution in [3.05, 3.63) is 36.1 Å². The number of nitro groups is 1. The van der Waals surface area contributed by atoms with E-state index in [1.807, 2.05) is 0 Å². The molecular weight excluding hydrogens is 344 g/mol. The highest BCUT2D eigenvalue weighted by Gasteiger charge is 2.14. The minimum atomic E-state index is -1.08. The minimum Gasteiger partial charge on any atom is -0.258 e. The number of nitrogens with zero attached hydrogens (tertiary/aromatic N) is 1. The van der Waals surface area contributed by atoms with Crippen LogP contribution in [-0.2, 0) is 0 Å². The number of benzene rings is 1. The van der Waals surface area contributed by atoms with E-state index in [4.69, 9.17) is 2.74 Å². The maximum Gasteiger partial charge on any atom is 0.285 e. The summed E-state index contributed by atoms with van der Waals surface area (Å²) in [6.07, 6.45) is 0. The third kappa shape index (κ3) is 1.92. The van der Waals surface area contributed by atoms with Gasteiger partial charge in [-0.15, -0.1) is 0 Å². The second-order valence-corrected chi connectivity index (χ2v) is 3.67. The van der Waals surface area contributed by atoms with Gasteiger partial charge in [0.2, 0.25) is 0 Å². The van der Waals surface area contributed by atoms with Crippen molar-refractivity contribution >= 4 is 44.2 Å². The Morgan fingerprint density at radius 3 is 2.83 bits per heavy atom.